The number of likely N-dealkylation sites (tertiary alicyclic amines) is 1. The van der Waals surface area contributed by atoms with Crippen molar-refractivity contribution < 1.29 is 0 Å². The number of hydrogen-bond acceptors (Lipinski definition) is 1. The summed E-state index contributed by atoms with van der Waals surface area (Å²) >= 11 is 0. The Hall–Kier alpha value is -0.886. The van der Waals surface area contributed by atoms with Crippen LogP contribution in [0.4, 0.5) is 0 Å². The molecular weight excluding hydrogens is 367 g/mol. The second-order valence-electron chi connectivity index (χ2n) is 9.41. The summed E-state index contributed by atoms with van der Waals surface area (Å²) in [7, 11) is -3.37. The largest absolute Gasteiger partial charge is 0.363 e. The fraction of sp³-hybridized carbons (Fsp3) is 0.571. The molecule has 1 atom stereocenters. The average Bonchev–Trinajstić information content (AvgIpc) is 2.56. The monoisotopic (exact) mass is 402 g/mol. The zero-order chi connectivity index (χ0) is 19.2. The van der Waals surface area contributed by atoms with Gasteiger partial charge < -0.3 is 4.90 Å². The molecule has 1 saturated heterocycles. The van der Waals surface area contributed by atoms with Crippen molar-refractivity contribution in [2.75, 3.05) is 13.1 Å². The Morgan fingerprint density at radius 1 is 0.962 bits per heavy atom. The van der Waals surface area contributed by atoms with Crippen LogP contribution in [-0.2, 0) is 0 Å². The summed E-state index contributed by atoms with van der Waals surface area (Å²) in [6.07, 6.45) is 6.10. The number of rotatable bonds is 5. The van der Waals surface area contributed by atoms with Crippen molar-refractivity contribution in [1.82, 2.24) is 4.90 Å². The smallest absolute Gasteiger partial charge is 0.0927 e. The molecule has 0 saturated carbocycles. The van der Waals surface area contributed by atoms with Gasteiger partial charge in [-0.3, -0.25) is 0 Å². The lowest BCUT2D eigenvalue weighted by atomic mass is 10.1. The van der Waals surface area contributed by atoms with Gasteiger partial charge >= 0.3 is 0 Å². The van der Waals surface area contributed by atoms with E-state index in [4.69, 9.17) is 4.76 Å². The van der Waals surface area contributed by atoms with Crippen molar-refractivity contribution in [1.29, 1.82) is 0 Å². The van der Waals surface area contributed by atoms with Crippen LogP contribution in [0.15, 0.2) is 35.1 Å². The van der Waals surface area contributed by atoms with E-state index in [1.165, 1.54) is 19.3 Å². The zero-order valence-electron chi connectivity index (χ0n) is 17.4. The summed E-state index contributed by atoms with van der Waals surface area (Å²) in [5.41, 5.74) is 4.76. The van der Waals surface area contributed by atoms with Crippen molar-refractivity contribution in [3.05, 3.63) is 35.9 Å². The number of piperidine rings is 1. The molecule has 0 bridgehead atoms. The third-order valence-corrected chi connectivity index (χ3v) is 20.5. The topological polar surface area (TPSA) is 15.6 Å². The lowest BCUT2D eigenvalue weighted by molar-refractivity contribution is 0.351. The Morgan fingerprint density at radius 3 is 2.08 bits per heavy atom. The van der Waals surface area contributed by atoms with Crippen molar-refractivity contribution >= 4 is 30.6 Å². The molecule has 1 aromatic carbocycles. The quantitative estimate of drug-likeness (QED) is 0.193. The van der Waals surface area contributed by atoms with Crippen LogP contribution in [0.25, 0.3) is 0 Å². The highest BCUT2D eigenvalue weighted by atomic mass is 31.1. The lowest BCUT2D eigenvalue weighted by Gasteiger charge is -2.40. The van der Waals surface area contributed by atoms with Crippen LogP contribution in [0.1, 0.15) is 24.8 Å². The standard InChI is InChI=1S/C21H35N2PSi2/c1-25(2,3)21(26(4,5)6)24(18-15-20-13-9-7-10-14-20)22-19-23-16-11-8-12-17-23/h7,9-10,13-14,19,21H,8,11-12,16-17H2,1-6H3/b22-19+. The van der Waals surface area contributed by atoms with Crippen LogP contribution in [0, 0.1) is 11.6 Å². The minimum Gasteiger partial charge on any atom is -0.363 e. The molecule has 2 nitrogen and oxygen atoms in total. The first-order chi connectivity index (χ1) is 12.2. The first kappa shape index (κ1) is 21.4. The first-order valence-corrected chi connectivity index (χ1v) is 18.3. The molecule has 1 aromatic rings. The lowest BCUT2D eigenvalue weighted by Crippen LogP contribution is -2.52. The molecule has 0 N–H and O–H groups in total. The van der Waals surface area contributed by atoms with Crippen LogP contribution >= 0.6 is 8.07 Å². The third-order valence-electron chi connectivity index (χ3n) is 4.70. The summed E-state index contributed by atoms with van der Waals surface area (Å²) in [5.74, 6) is 3.45. The fourth-order valence-electron chi connectivity index (χ4n) is 4.00. The highest BCUT2D eigenvalue weighted by molar-refractivity contribution is 7.68. The highest BCUT2D eigenvalue weighted by Crippen LogP contribution is 2.50. The van der Waals surface area contributed by atoms with Gasteiger partial charge in [-0.2, -0.15) is 0 Å². The van der Waals surface area contributed by atoms with Gasteiger partial charge in [-0.05, 0) is 37.1 Å². The minimum atomic E-state index is -1.35. The van der Waals surface area contributed by atoms with E-state index >= 15 is 0 Å². The summed E-state index contributed by atoms with van der Waals surface area (Å²) in [6, 6.07) is 10.4. The van der Waals surface area contributed by atoms with E-state index < -0.39 is 24.2 Å². The van der Waals surface area contributed by atoms with Gasteiger partial charge in [0, 0.05) is 23.6 Å². The molecule has 2 rings (SSSR count). The Balaban J connectivity index is 2.33. The molecule has 26 heavy (non-hydrogen) atoms. The molecule has 1 unspecified atom stereocenters. The zero-order valence-corrected chi connectivity index (χ0v) is 20.3. The molecule has 1 aliphatic heterocycles. The number of nitrogens with zero attached hydrogens (tertiary/aromatic N) is 2. The second-order valence-corrected chi connectivity index (χ2v) is 23.2. The van der Waals surface area contributed by atoms with E-state index in [1.54, 1.807) is 0 Å². The summed E-state index contributed by atoms with van der Waals surface area (Å²) in [4.78, 5) is 3.12. The van der Waals surface area contributed by atoms with Gasteiger partial charge in [0.2, 0.25) is 0 Å². The van der Waals surface area contributed by atoms with Crippen LogP contribution in [0.2, 0.25) is 39.3 Å². The molecule has 0 radical (unpaired) electrons. The van der Waals surface area contributed by atoms with Gasteiger partial charge in [0.1, 0.15) is 0 Å². The second kappa shape index (κ2) is 9.35. The van der Waals surface area contributed by atoms with Gasteiger partial charge in [-0.15, -0.1) is 0 Å². The minimum absolute atomic E-state index is 0.659. The summed E-state index contributed by atoms with van der Waals surface area (Å²) in [5, 5.41) is 0. The van der Waals surface area contributed by atoms with E-state index in [0.717, 1.165) is 18.7 Å². The van der Waals surface area contributed by atoms with E-state index in [9.17, 15) is 0 Å². The molecule has 0 spiro atoms. The first-order valence-electron chi connectivity index (χ1n) is 9.82. The Morgan fingerprint density at radius 2 is 1.54 bits per heavy atom. The predicted molar refractivity (Wildman–Crippen MR) is 125 cm³/mol. The molecule has 0 amide bonds. The van der Waals surface area contributed by atoms with Crippen molar-refractivity contribution in [2.45, 2.75) is 63.5 Å². The molecule has 1 fully saturated rings. The molecule has 1 aliphatic rings. The van der Waals surface area contributed by atoms with E-state index in [1.807, 2.05) is 0 Å². The van der Waals surface area contributed by atoms with Crippen LogP contribution in [-0.4, -0.2) is 45.4 Å². The highest BCUT2D eigenvalue weighted by Gasteiger charge is 2.42. The average molecular weight is 403 g/mol. The third kappa shape index (κ3) is 6.69. The maximum absolute atomic E-state index is 5.16. The maximum Gasteiger partial charge on any atom is 0.0927 e. The van der Waals surface area contributed by atoms with Gasteiger partial charge in [0.15, 0.2) is 0 Å². The van der Waals surface area contributed by atoms with Gasteiger partial charge in [-0.1, -0.05) is 63.4 Å². The number of hydrogen-bond donors (Lipinski definition) is 0. The molecule has 0 aromatic heterocycles. The van der Waals surface area contributed by atoms with Crippen molar-refractivity contribution in [3.8, 4) is 11.6 Å². The summed E-state index contributed by atoms with van der Waals surface area (Å²) < 4.78 is 5.16. The predicted octanol–water partition coefficient (Wildman–Crippen LogP) is 6.03. The van der Waals surface area contributed by atoms with Crippen molar-refractivity contribution in [3.63, 3.8) is 0 Å². The van der Waals surface area contributed by atoms with E-state index in [0.29, 0.717) is 4.91 Å². The Bertz CT molecular complexity index is 631. The van der Waals surface area contributed by atoms with Crippen LogP contribution in [0.5, 0.6) is 0 Å². The van der Waals surface area contributed by atoms with Gasteiger partial charge in [0.05, 0.1) is 30.6 Å². The molecule has 0 aliphatic carbocycles. The fourth-order valence-corrected chi connectivity index (χ4v) is 21.9. The van der Waals surface area contributed by atoms with E-state index in [-0.39, 0.29) is 0 Å². The maximum atomic E-state index is 5.16. The Kier molecular flexibility index (Phi) is 7.70. The molecule has 1 heterocycles. The molecule has 142 valence electrons. The molecular formula is C21H35N2PSi2. The van der Waals surface area contributed by atoms with Gasteiger partial charge in [-0.25, -0.2) is 4.76 Å². The SMILES string of the molecule is C[Si](C)(C)C(P(C#Cc1ccccc1)/N=C/N1CCCCC1)[Si](C)(C)C. The van der Waals surface area contributed by atoms with Crippen molar-refractivity contribution in [2.24, 2.45) is 4.76 Å². The summed E-state index contributed by atoms with van der Waals surface area (Å²) in [6.45, 7) is 17.3. The van der Waals surface area contributed by atoms with E-state index in [2.05, 4.69) is 92.4 Å². The van der Waals surface area contributed by atoms with Crippen LogP contribution in [0.3, 0.4) is 0 Å². The molecule has 5 heteroatoms. The normalized spacial score (nSPS) is 17.3. The van der Waals surface area contributed by atoms with Gasteiger partial charge in [0.25, 0.3) is 0 Å². The van der Waals surface area contributed by atoms with Crippen LogP contribution < -0.4 is 0 Å². The Labute approximate surface area is 164 Å². The number of benzene rings is 1.